The number of nitrogens with zero attached hydrogens (tertiary/aromatic N) is 5. The van der Waals surface area contributed by atoms with Crippen molar-refractivity contribution < 1.29 is 9.84 Å². The molecule has 2 aromatic rings. The van der Waals surface area contributed by atoms with E-state index in [2.05, 4.69) is 20.5 Å². The first kappa shape index (κ1) is 11.7. The molecular formula is C10H13N5O2S. The molecule has 3 rings (SSSR count). The number of ether oxygens (including phenoxy) is 1. The quantitative estimate of drug-likeness (QED) is 0.855. The number of methoxy groups -OCH3 is 1. The molecule has 0 atom stereocenters. The first-order chi connectivity index (χ1) is 8.83. The Morgan fingerprint density at radius 2 is 2.22 bits per heavy atom. The number of aliphatic hydroxyl groups is 1. The molecule has 1 fully saturated rings. The summed E-state index contributed by atoms with van der Waals surface area (Å²) in [5.41, 5.74) is 1.61. The number of hydrogen-bond acceptors (Lipinski definition) is 7. The molecule has 0 aromatic carbocycles. The van der Waals surface area contributed by atoms with Crippen LogP contribution < -0.4 is 0 Å². The maximum absolute atomic E-state index is 9.28. The second kappa shape index (κ2) is 4.71. The number of aliphatic hydroxyl groups excluding tert-OH is 1. The van der Waals surface area contributed by atoms with Gasteiger partial charge in [0.25, 0.3) is 0 Å². The fourth-order valence-electron chi connectivity index (χ4n) is 1.85. The van der Waals surface area contributed by atoms with Crippen LogP contribution in [0.3, 0.4) is 0 Å². The Labute approximate surface area is 107 Å². The molecule has 0 spiro atoms. The first-order valence-corrected chi connectivity index (χ1v) is 6.52. The third kappa shape index (κ3) is 2.02. The molecule has 0 bridgehead atoms. The van der Waals surface area contributed by atoms with Crippen molar-refractivity contribution in [1.82, 2.24) is 25.2 Å². The average molecular weight is 267 g/mol. The highest BCUT2D eigenvalue weighted by molar-refractivity contribution is 7.13. The van der Waals surface area contributed by atoms with Crippen molar-refractivity contribution in [2.45, 2.75) is 32.0 Å². The second-order valence-electron chi connectivity index (χ2n) is 4.18. The van der Waals surface area contributed by atoms with Gasteiger partial charge < -0.3 is 9.84 Å². The van der Waals surface area contributed by atoms with Gasteiger partial charge in [-0.15, -0.1) is 15.3 Å². The molecule has 1 saturated carbocycles. The predicted octanol–water partition coefficient (Wildman–Crippen LogP) is 0.635. The molecule has 0 radical (unpaired) electrons. The number of rotatable bonds is 5. The highest BCUT2D eigenvalue weighted by atomic mass is 32.1. The van der Waals surface area contributed by atoms with Gasteiger partial charge in [-0.25, -0.2) is 0 Å². The Balaban J connectivity index is 1.97. The summed E-state index contributed by atoms with van der Waals surface area (Å²) >= 11 is 1.43. The third-order valence-corrected chi connectivity index (χ3v) is 3.67. The van der Waals surface area contributed by atoms with Crippen molar-refractivity contribution in [2.24, 2.45) is 0 Å². The summed E-state index contributed by atoms with van der Waals surface area (Å²) in [5.74, 6) is 0.442. The Bertz CT molecular complexity index is 548. The van der Waals surface area contributed by atoms with E-state index in [1.165, 1.54) is 11.3 Å². The lowest BCUT2D eigenvalue weighted by molar-refractivity contribution is 0.184. The van der Waals surface area contributed by atoms with Gasteiger partial charge in [-0.05, 0) is 12.8 Å². The minimum absolute atomic E-state index is 0.0877. The molecule has 0 aliphatic heterocycles. The highest BCUT2D eigenvalue weighted by Crippen LogP contribution is 2.42. The molecule has 8 heteroatoms. The van der Waals surface area contributed by atoms with Crippen molar-refractivity contribution in [2.75, 3.05) is 7.11 Å². The largest absolute Gasteiger partial charge is 0.390 e. The predicted molar refractivity (Wildman–Crippen MR) is 63.4 cm³/mol. The van der Waals surface area contributed by atoms with E-state index in [-0.39, 0.29) is 6.61 Å². The molecule has 1 N–H and O–H groups in total. The molecule has 7 nitrogen and oxygen atoms in total. The fraction of sp³-hybridized carbons (Fsp3) is 0.600. The summed E-state index contributed by atoms with van der Waals surface area (Å²) in [6.45, 7) is 0.355. The highest BCUT2D eigenvalue weighted by Gasteiger charge is 2.32. The van der Waals surface area contributed by atoms with Crippen molar-refractivity contribution >= 4 is 11.3 Å². The summed E-state index contributed by atoms with van der Waals surface area (Å²) < 4.78 is 6.71. The summed E-state index contributed by atoms with van der Waals surface area (Å²) in [6, 6.07) is 0. The van der Waals surface area contributed by atoms with Crippen LogP contribution in [0.4, 0.5) is 0 Å². The van der Waals surface area contributed by atoms with Crippen molar-refractivity contribution in [1.29, 1.82) is 0 Å². The maximum Gasteiger partial charge on any atom is 0.234 e. The zero-order valence-electron chi connectivity index (χ0n) is 9.91. The summed E-state index contributed by atoms with van der Waals surface area (Å²) in [5, 5.41) is 26.9. The van der Waals surface area contributed by atoms with E-state index in [0.29, 0.717) is 23.4 Å². The molecule has 96 valence electrons. The van der Waals surface area contributed by atoms with E-state index in [9.17, 15) is 5.11 Å². The van der Waals surface area contributed by atoms with E-state index in [0.717, 1.165) is 23.5 Å². The van der Waals surface area contributed by atoms with Gasteiger partial charge in [-0.3, -0.25) is 0 Å². The monoisotopic (exact) mass is 267 g/mol. The molecule has 2 heterocycles. The third-order valence-electron chi connectivity index (χ3n) is 2.80. The zero-order valence-corrected chi connectivity index (χ0v) is 10.7. The van der Waals surface area contributed by atoms with Crippen LogP contribution in [0, 0.1) is 0 Å². The minimum atomic E-state index is -0.0877. The van der Waals surface area contributed by atoms with Crippen molar-refractivity contribution in [3.8, 4) is 5.13 Å². The normalized spacial score (nSPS) is 15.2. The van der Waals surface area contributed by atoms with Crippen LogP contribution in [0.5, 0.6) is 0 Å². The molecule has 1 aliphatic carbocycles. The summed E-state index contributed by atoms with van der Waals surface area (Å²) in [6.07, 6.45) is 2.23. The van der Waals surface area contributed by atoms with Crippen LogP contribution in [0.2, 0.25) is 0 Å². The van der Waals surface area contributed by atoms with Crippen LogP contribution in [-0.2, 0) is 18.0 Å². The second-order valence-corrected chi connectivity index (χ2v) is 5.22. The van der Waals surface area contributed by atoms with E-state index >= 15 is 0 Å². The Morgan fingerprint density at radius 3 is 2.89 bits per heavy atom. The van der Waals surface area contributed by atoms with Crippen LogP contribution >= 0.6 is 11.3 Å². The minimum Gasteiger partial charge on any atom is -0.390 e. The lowest BCUT2D eigenvalue weighted by atomic mass is 10.2. The van der Waals surface area contributed by atoms with Gasteiger partial charge in [-0.1, -0.05) is 16.6 Å². The van der Waals surface area contributed by atoms with Gasteiger partial charge in [0.15, 0.2) is 0 Å². The smallest absolute Gasteiger partial charge is 0.234 e. The molecule has 0 unspecified atom stereocenters. The first-order valence-electron chi connectivity index (χ1n) is 5.70. The average Bonchev–Trinajstić information content (AvgIpc) is 2.96. The Morgan fingerprint density at radius 1 is 1.39 bits per heavy atom. The van der Waals surface area contributed by atoms with Crippen LogP contribution in [0.1, 0.15) is 35.2 Å². The molecule has 0 saturated heterocycles. The van der Waals surface area contributed by atoms with Crippen LogP contribution in [-0.4, -0.2) is 37.4 Å². The van der Waals surface area contributed by atoms with Crippen molar-refractivity contribution in [3.63, 3.8) is 0 Å². The Hall–Kier alpha value is -1.38. The number of hydrogen-bond donors (Lipinski definition) is 1. The van der Waals surface area contributed by atoms with Crippen LogP contribution in [0.25, 0.3) is 5.13 Å². The summed E-state index contributed by atoms with van der Waals surface area (Å²) in [4.78, 5) is 0. The maximum atomic E-state index is 9.28. The molecule has 1 aliphatic rings. The number of aromatic nitrogens is 5. The molecule has 2 aromatic heterocycles. The van der Waals surface area contributed by atoms with Crippen LogP contribution in [0.15, 0.2) is 0 Å². The lowest BCUT2D eigenvalue weighted by Crippen LogP contribution is -2.02. The van der Waals surface area contributed by atoms with E-state index in [1.807, 2.05) is 0 Å². The van der Waals surface area contributed by atoms with Crippen molar-refractivity contribution in [3.05, 3.63) is 16.4 Å². The standard InChI is InChI=1S/C10H13N5O2S/c1-17-5-8-12-13-10(18-8)15-9(6-2-3-6)7(4-16)11-14-15/h6,16H,2-5H2,1H3. The molecular weight excluding hydrogens is 254 g/mol. The van der Waals surface area contributed by atoms with Gasteiger partial charge in [-0.2, -0.15) is 4.68 Å². The molecule has 18 heavy (non-hydrogen) atoms. The lowest BCUT2D eigenvalue weighted by Gasteiger charge is -2.01. The topological polar surface area (TPSA) is 86.0 Å². The van der Waals surface area contributed by atoms with Gasteiger partial charge in [0.2, 0.25) is 5.13 Å². The zero-order chi connectivity index (χ0) is 12.5. The Kier molecular flexibility index (Phi) is 3.06. The van der Waals surface area contributed by atoms with E-state index in [4.69, 9.17) is 4.74 Å². The molecule has 0 amide bonds. The summed E-state index contributed by atoms with van der Waals surface area (Å²) in [7, 11) is 1.62. The van der Waals surface area contributed by atoms with E-state index < -0.39 is 0 Å². The van der Waals surface area contributed by atoms with E-state index in [1.54, 1.807) is 11.8 Å². The van der Waals surface area contributed by atoms with Gasteiger partial charge in [0.05, 0.1) is 12.3 Å². The SMILES string of the molecule is COCc1nnc(-n2nnc(CO)c2C2CC2)s1. The van der Waals surface area contributed by atoms with Gasteiger partial charge in [0.1, 0.15) is 17.3 Å². The van der Waals surface area contributed by atoms with Gasteiger partial charge >= 0.3 is 0 Å². The van der Waals surface area contributed by atoms with Gasteiger partial charge in [0, 0.05) is 13.0 Å². The fourth-order valence-corrected chi connectivity index (χ4v) is 2.62.